The number of hydrogen-bond donors (Lipinski definition) is 0. The highest BCUT2D eigenvalue weighted by atomic mass is 16.5. The number of benzene rings is 2. The maximum Gasteiger partial charge on any atom is 0.340 e. The number of nitriles is 1. The van der Waals surface area contributed by atoms with Crippen molar-refractivity contribution in [2.24, 2.45) is 0 Å². The first-order valence-corrected chi connectivity index (χ1v) is 7.93. The number of ether oxygens (including phenoxy) is 2. The molecule has 0 radical (unpaired) electrons. The summed E-state index contributed by atoms with van der Waals surface area (Å²) in [7, 11) is 1.32. The fraction of sp³-hybridized carbons (Fsp3) is 0.150. The Morgan fingerprint density at radius 3 is 2.54 bits per heavy atom. The lowest BCUT2D eigenvalue weighted by Gasteiger charge is -2.07. The normalized spacial score (nSPS) is 10.3. The topological polar surface area (TPSA) is 81.3 Å². The molecular formula is C20H16N2O4. The summed E-state index contributed by atoms with van der Waals surface area (Å²) in [5, 5.41) is 9.51. The zero-order valence-corrected chi connectivity index (χ0v) is 14.1. The van der Waals surface area contributed by atoms with Gasteiger partial charge in [-0.15, -0.1) is 0 Å². The zero-order chi connectivity index (χ0) is 18.5. The Morgan fingerprint density at radius 2 is 1.85 bits per heavy atom. The maximum absolute atomic E-state index is 12.2. The second-order valence-corrected chi connectivity index (χ2v) is 5.65. The lowest BCUT2D eigenvalue weighted by Crippen LogP contribution is -2.13. The van der Waals surface area contributed by atoms with Crippen LogP contribution < -0.4 is 0 Å². The smallest absolute Gasteiger partial charge is 0.340 e. The first kappa shape index (κ1) is 17.2. The molecule has 0 atom stereocenters. The van der Waals surface area contributed by atoms with E-state index in [1.165, 1.54) is 7.11 Å². The van der Waals surface area contributed by atoms with Crippen molar-refractivity contribution in [3.8, 4) is 6.07 Å². The van der Waals surface area contributed by atoms with Crippen LogP contribution in [0.1, 0.15) is 21.5 Å². The van der Waals surface area contributed by atoms with E-state index in [0.717, 1.165) is 16.5 Å². The number of carbonyl (C=O) groups excluding carboxylic acids is 2. The largest absolute Gasteiger partial charge is 0.465 e. The van der Waals surface area contributed by atoms with Gasteiger partial charge in [-0.2, -0.15) is 5.26 Å². The van der Waals surface area contributed by atoms with Crippen molar-refractivity contribution in [1.29, 1.82) is 5.26 Å². The summed E-state index contributed by atoms with van der Waals surface area (Å²) >= 11 is 0. The van der Waals surface area contributed by atoms with E-state index >= 15 is 0 Å². The quantitative estimate of drug-likeness (QED) is 0.662. The number of aromatic nitrogens is 1. The third-order valence-electron chi connectivity index (χ3n) is 3.98. The molecule has 0 aliphatic rings. The molecule has 0 amide bonds. The molecule has 0 spiro atoms. The summed E-state index contributed by atoms with van der Waals surface area (Å²) in [6, 6.07) is 16.2. The SMILES string of the molecule is COC(=O)c1cn(CC(=O)OCc2ccc(C#N)cc2)c2ccccc12. The number of nitrogens with zero attached hydrogens (tertiary/aromatic N) is 2. The Morgan fingerprint density at radius 1 is 1.12 bits per heavy atom. The number of para-hydroxylation sites is 1. The van der Waals surface area contributed by atoms with Gasteiger partial charge in [0.1, 0.15) is 13.2 Å². The molecule has 0 bridgehead atoms. The summed E-state index contributed by atoms with van der Waals surface area (Å²) in [4.78, 5) is 24.1. The van der Waals surface area contributed by atoms with Gasteiger partial charge in [-0.1, -0.05) is 30.3 Å². The molecule has 130 valence electrons. The maximum atomic E-state index is 12.2. The van der Waals surface area contributed by atoms with Crippen LogP contribution in [0, 0.1) is 11.3 Å². The van der Waals surface area contributed by atoms with E-state index in [9.17, 15) is 9.59 Å². The standard InChI is InChI=1S/C20H16N2O4/c1-25-20(24)17-11-22(18-5-3-2-4-16(17)18)12-19(23)26-13-15-8-6-14(10-21)7-9-15/h2-9,11H,12-13H2,1H3. The number of rotatable bonds is 5. The highest BCUT2D eigenvalue weighted by molar-refractivity contribution is 6.04. The molecule has 6 nitrogen and oxygen atoms in total. The molecule has 2 aromatic carbocycles. The summed E-state index contributed by atoms with van der Waals surface area (Å²) in [5.41, 5.74) is 2.51. The van der Waals surface area contributed by atoms with E-state index in [-0.39, 0.29) is 13.2 Å². The number of esters is 2. The van der Waals surface area contributed by atoms with Crippen molar-refractivity contribution >= 4 is 22.8 Å². The number of hydrogen-bond acceptors (Lipinski definition) is 5. The minimum atomic E-state index is -0.453. The van der Waals surface area contributed by atoms with E-state index in [1.807, 2.05) is 24.3 Å². The lowest BCUT2D eigenvalue weighted by molar-refractivity contribution is -0.145. The van der Waals surface area contributed by atoms with Gasteiger partial charge in [0.05, 0.1) is 24.3 Å². The molecule has 0 saturated carbocycles. The van der Waals surface area contributed by atoms with Gasteiger partial charge in [0.15, 0.2) is 0 Å². The van der Waals surface area contributed by atoms with Crippen LogP contribution in [-0.2, 0) is 27.4 Å². The van der Waals surface area contributed by atoms with Crippen molar-refractivity contribution < 1.29 is 19.1 Å². The monoisotopic (exact) mass is 348 g/mol. The summed E-state index contributed by atoms with van der Waals surface area (Å²) in [6.07, 6.45) is 1.60. The van der Waals surface area contributed by atoms with Crippen molar-refractivity contribution in [2.45, 2.75) is 13.2 Å². The molecular weight excluding hydrogens is 332 g/mol. The molecule has 0 fully saturated rings. The van der Waals surface area contributed by atoms with Crippen LogP contribution in [0.25, 0.3) is 10.9 Å². The predicted molar refractivity (Wildman–Crippen MR) is 94.2 cm³/mol. The van der Waals surface area contributed by atoms with Crippen molar-refractivity contribution in [3.63, 3.8) is 0 Å². The van der Waals surface area contributed by atoms with Crippen LogP contribution in [0.5, 0.6) is 0 Å². The fourth-order valence-corrected chi connectivity index (χ4v) is 2.67. The summed E-state index contributed by atoms with van der Waals surface area (Å²) < 4.78 is 11.8. The van der Waals surface area contributed by atoms with Crippen LogP contribution in [0.4, 0.5) is 0 Å². The van der Waals surface area contributed by atoms with Crippen LogP contribution in [0.2, 0.25) is 0 Å². The van der Waals surface area contributed by atoms with Gasteiger partial charge in [-0.05, 0) is 23.8 Å². The molecule has 0 aliphatic heterocycles. The van der Waals surface area contributed by atoms with Crippen LogP contribution in [-0.4, -0.2) is 23.6 Å². The number of carbonyl (C=O) groups is 2. The average Bonchev–Trinajstić information content (AvgIpc) is 3.05. The van der Waals surface area contributed by atoms with Gasteiger partial charge in [-0.3, -0.25) is 4.79 Å². The van der Waals surface area contributed by atoms with E-state index in [4.69, 9.17) is 14.7 Å². The van der Waals surface area contributed by atoms with Gasteiger partial charge < -0.3 is 14.0 Å². The molecule has 6 heteroatoms. The Hall–Kier alpha value is -3.59. The fourth-order valence-electron chi connectivity index (χ4n) is 2.67. The van der Waals surface area contributed by atoms with Crippen molar-refractivity contribution in [2.75, 3.05) is 7.11 Å². The van der Waals surface area contributed by atoms with E-state index in [0.29, 0.717) is 11.1 Å². The van der Waals surface area contributed by atoms with Gasteiger partial charge >= 0.3 is 11.9 Å². The average molecular weight is 348 g/mol. The third-order valence-corrected chi connectivity index (χ3v) is 3.98. The first-order valence-electron chi connectivity index (χ1n) is 7.93. The van der Waals surface area contributed by atoms with Crippen LogP contribution in [0.3, 0.4) is 0 Å². The van der Waals surface area contributed by atoms with E-state index < -0.39 is 11.9 Å². The van der Waals surface area contributed by atoms with E-state index in [2.05, 4.69) is 0 Å². The van der Waals surface area contributed by atoms with Crippen LogP contribution >= 0.6 is 0 Å². The zero-order valence-electron chi connectivity index (χ0n) is 14.1. The Balaban J connectivity index is 1.73. The van der Waals surface area contributed by atoms with Gasteiger partial charge in [0.25, 0.3) is 0 Å². The lowest BCUT2D eigenvalue weighted by atomic mass is 10.2. The van der Waals surface area contributed by atoms with Crippen molar-refractivity contribution in [1.82, 2.24) is 4.57 Å². The molecule has 0 aliphatic carbocycles. The second kappa shape index (κ2) is 7.53. The minimum Gasteiger partial charge on any atom is -0.465 e. The summed E-state index contributed by atoms with van der Waals surface area (Å²) in [5.74, 6) is -0.877. The molecule has 0 saturated heterocycles. The first-order chi connectivity index (χ1) is 12.6. The molecule has 0 unspecified atom stereocenters. The van der Waals surface area contributed by atoms with E-state index in [1.54, 1.807) is 41.1 Å². The van der Waals surface area contributed by atoms with Gasteiger partial charge in [0.2, 0.25) is 0 Å². The Labute approximate surface area is 150 Å². The highest BCUT2D eigenvalue weighted by Gasteiger charge is 2.17. The molecule has 0 N–H and O–H groups in total. The third kappa shape index (κ3) is 3.57. The van der Waals surface area contributed by atoms with Crippen LogP contribution in [0.15, 0.2) is 54.7 Å². The molecule has 26 heavy (non-hydrogen) atoms. The molecule has 3 rings (SSSR count). The number of fused-ring (bicyclic) bond motifs is 1. The molecule has 1 aromatic heterocycles. The number of methoxy groups -OCH3 is 1. The highest BCUT2D eigenvalue weighted by Crippen LogP contribution is 2.22. The summed E-state index contributed by atoms with van der Waals surface area (Å²) in [6.45, 7) is 0.0986. The van der Waals surface area contributed by atoms with Gasteiger partial charge in [0, 0.05) is 17.1 Å². The predicted octanol–water partition coefficient (Wildman–Crippen LogP) is 3.04. The second-order valence-electron chi connectivity index (χ2n) is 5.65. The minimum absolute atomic E-state index is 0.0201. The van der Waals surface area contributed by atoms with Crippen molar-refractivity contribution in [3.05, 3.63) is 71.4 Å². The molecule has 1 heterocycles. The Bertz CT molecular complexity index is 997. The Kier molecular flexibility index (Phi) is 4.99. The molecule has 3 aromatic rings. The van der Waals surface area contributed by atoms with Gasteiger partial charge in [-0.25, -0.2) is 4.79 Å².